The van der Waals surface area contributed by atoms with E-state index in [0.717, 1.165) is 30.9 Å². The van der Waals surface area contributed by atoms with Gasteiger partial charge in [0.15, 0.2) is 6.67 Å². The van der Waals surface area contributed by atoms with Crippen molar-refractivity contribution in [3.05, 3.63) is 60.4 Å². The van der Waals surface area contributed by atoms with E-state index in [1.165, 1.54) is 10.8 Å². The standard InChI is InChI=1S/C18H21N3O/c1-2-11-22-20-18(13-21-10-9-19-14-21)17-8-7-15-5-3-4-6-16(15)12-17/h3-10,12,19H,2,11,13-14H2,1H3/p+1. The molecule has 0 saturated carbocycles. The molecule has 0 saturated heterocycles. The van der Waals surface area contributed by atoms with Crippen molar-refractivity contribution < 1.29 is 10.2 Å². The molecule has 0 radical (unpaired) electrons. The minimum atomic E-state index is 0.652. The Morgan fingerprint density at radius 2 is 2.09 bits per heavy atom. The fraction of sp³-hybridized carbons (Fsp3) is 0.278. The van der Waals surface area contributed by atoms with E-state index in [1.807, 2.05) is 0 Å². The summed E-state index contributed by atoms with van der Waals surface area (Å²) in [6, 6.07) is 14.8. The smallest absolute Gasteiger partial charge is 0.155 e. The highest BCUT2D eigenvalue weighted by atomic mass is 16.6. The van der Waals surface area contributed by atoms with Gasteiger partial charge in [-0.05, 0) is 23.3 Å². The highest BCUT2D eigenvalue weighted by Gasteiger charge is 2.13. The molecule has 0 bridgehead atoms. The van der Waals surface area contributed by atoms with Crippen molar-refractivity contribution in [3.8, 4) is 0 Å². The lowest BCUT2D eigenvalue weighted by atomic mass is 10.0. The summed E-state index contributed by atoms with van der Waals surface area (Å²) in [5, 5.41) is 9.00. The molecule has 0 aliphatic carbocycles. The Bertz CT molecular complexity index is 694. The van der Waals surface area contributed by atoms with Gasteiger partial charge in [0.05, 0.1) is 12.7 Å². The molecule has 0 fully saturated rings. The number of oxime groups is 1. The maximum atomic E-state index is 5.45. The number of nitrogens with two attached hydrogens (primary N) is 1. The quantitative estimate of drug-likeness (QED) is 0.505. The number of nitrogens with zero attached hydrogens (tertiary/aromatic N) is 2. The first-order chi connectivity index (χ1) is 10.9. The second kappa shape index (κ2) is 7.09. The molecule has 0 spiro atoms. The Balaban J connectivity index is 1.87. The third-order valence-corrected chi connectivity index (χ3v) is 3.68. The average Bonchev–Trinajstić information content (AvgIpc) is 3.07. The Kier molecular flexibility index (Phi) is 4.71. The van der Waals surface area contributed by atoms with Crippen LogP contribution in [0, 0.1) is 0 Å². The molecule has 4 heteroatoms. The van der Waals surface area contributed by atoms with Gasteiger partial charge in [-0.1, -0.05) is 48.5 Å². The molecule has 1 heterocycles. The van der Waals surface area contributed by atoms with Gasteiger partial charge >= 0.3 is 0 Å². The average molecular weight is 296 g/mol. The first-order valence-corrected chi connectivity index (χ1v) is 7.79. The maximum absolute atomic E-state index is 5.45. The molecule has 22 heavy (non-hydrogen) atoms. The molecule has 0 aromatic heterocycles. The third kappa shape index (κ3) is 3.46. The fourth-order valence-electron chi connectivity index (χ4n) is 2.51. The molecule has 2 N–H and O–H groups in total. The Morgan fingerprint density at radius 3 is 2.86 bits per heavy atom. The number of quaternary nitrogens is 1. The molecule has 2 aromatic rings. The van der Waals surface area contributed by atoms with Crippen molar-refractivity contribution >= 4 is 16.5 Å². The summed E-state index contributed by atoms with van der Waals surface area (Å²) >= 11 is 0. The minimum absolute atomic E-state index is 0.652. The van der Waals surface area contributed by atoms with Gasteiger partial charge in [0.1, 0.15) is 18.5 Å². The Labute approximate surface area is 131 Å². The van der Waals surface area contributed by atoms with Crippen LogP contribution in [0.15, 0.2) is 60.0 Å². The molecule has 114 valence electrons. The molecule has 0 amide bonds. The summed E-state index contributed by atoms with van der Waals surface area (Å²) in [5.74, 6) is 0. The van der Waals surface area contributed by atoms with Crippen LogP contribution >= 0.6 is 0 Å². The first-order valence-electron chi connectivity index (χ1n) is 7.79. The van der Waals surface area contributed by atoms with Crippen LogP contribution in [0.25, 0.3) is 10.8 Å². The van der Waals surface area contributed by atoms with E-state index in [1.54, 1.807) is 0 Å². The Morgan fingerprint density at radius 1 is 1.23 bits per heavy atom. The van der Waals surface area contributed by atoms with E-state index in [4.69, 9.17) is 4.84 Å². The lowest BCUT2D eigenvalue weighted by Gasteiger charge is -2.14. The van der Waals surface area contributed by atoms with Gasteiger partial charge < -0.3 is 15.1 Å². The van der Waals surface area contributed by atoms with Crippen LogP contribution in [0.2, 0.25) is 0 Å². The van der Waals surface area contributed by atoms with Crippen molar-refractivity contribution in [3.63, 3.8) is 0 Å². The largest absolute Gasteiger partial charge is 0.396 e. The lowest BCUT2D eigenvalue weighted by Crippen LogP contribution is -2.78. The number of benzene rings is 2. The number of rotatable bonds is 6. The molecule has 1 aliphatic rings. The molecule has 0 atom stereocenters. The lowest BCUT2D eigenvalue weighted by molar-refractivity contribution is -0.592. The molecule has 0 unspecified atom stereocenters. The molecule has 2 aromatic carbocycles. The predicted molar refractivity (Wildman–Crippen MR) is 89.4 cm³/mol. The summed E-state index contributed by atoms with van der Waals surface area (Å²) in [5.41, 5.74) is 2.09. The first kappa shape index (κ1) is 14.6. The zero-order valence-electron chi connectivity index (χ0n) is 12.9. The van der Waals surface area contributed by atoms with Gasteiger partial charge in [-0.3, -0.25) is 0 Å². The number of fused-ring (bicyclic) bond motifs is 1. The summed E-state index contributed by atoms with van der Waals surface area (Å²) in [6.45, 7) is 4.43. The summed E-state index contributed by atoms with van der Waals surface area (Å²) in [6.07, 6.45) is 5.13. The van der Waals surface area contributed by atoms with Crippen LogP contribution in [0.3, 0.4) is 0 Å². The van der Waals surface area contributed by atoms with E-state index in [9.17, 15) is 0 Å². The van der Waals surface area contributed by atoms with Gasteiger partial charge in [-0.25, -0.2) is 0 Å². The van der Waals surface area contributed by atoms with E-state index >= 15 is 0 Å². The summed E-state index contributed by atoms with van der Waals surface area (Å²) < 4.78 is 0. The summed E-state index contributed by atoms with van der Waals surface area (Å²) in [7, 11) is 0. The van der Waals surface area contributed by atoms with Crippen molar-refractivity contribution in [2.45, 2.75) is 13.3 Å². The SMILES string of the molecule is CCCON=C(CN1C=C[NH2+]C1)c1ccc2ccccc2c1. The second-order valence-electron chi connectivity index (χ2n) is 5.44. The minimum Gasteiger partial charge on any atom is -0.396 e. The van der Waals surface area contributed by atoms with E-state index in [2.05, 4.69) is 77.2 Å². The molecular weight excluding hydrogens is 274 g/mol. The van der Waals surface area contributed by atoms with E-state index in [0.29, 0.717) is 6.61 Å². The molecule has 1 aliphatic heterocycles. The van der Waals surface area contributed by atoms with Crippen molar-refractivity contribution in [1.29, 1.82) is 0 Å². The Hall–Kier alpha value is -2.33. The van der Waals surface area contributed by atoms with Gasteiger partial charge in [0.2, 0.25) is 0 Å². The highest BCUT2D eigenvalue weighted by Crippen LogP contribution is 2.17. The second-order valence-corrected chi connectivity index (χ2v) is 5.44. The van der Waals surface area contributed by atoms with Gasteiger partial charge in [0.25, 0.3) is 0 Å². The van der Waals surface area contributed by atoms with Gasteiger partial charge in [-0.15, -0.1) is 0 Å². The number of hydrogen-bond acceptors (Lipinski definition) is 3. The molecule has 3 rings (SSSR count). The predicted octanol–water partition coefficient (Wildman–Crippen LogP) is 2.28. The monoisotopic (exact) mass is 296 g/mol. The van der Waals surface area contributed by atoms with E-state index in [-0.39, 0.29) is 0 Å². The van der Waals surface area contributed by atoms with Gasteiger partial charge in [0, 0.05) is 5.56 Å². The number of hydrogen-bond donors (Lipinski definition) is 1. The van der Waals surface area contributed by atoms with Crippen molar-refractivity contribution in [2.75, 3.05) is 19.8 Å². The van der Waals surface area contributed by atoms with E-state index < -0.39 is 0 Å². The van der Waals surface area contributed by atoms with Crippen LogP contribution < -0.4 is 5.32 Å². The van der Waals surface area contributed by atoms with Crippen LogP contribution in [0.4, 0.5) is 0 Å². The zero-order chi connectivity index (χ0) is 15.2. The maximum Gasteiger partial charge on any atom is 0.155 e. The van der Waals surface area contributed by atoms with Crippen LogP contribution in [-0.4, -0.2) is 30.4 Å². The zero-order valence-corrected chi connectivity index (χ0v) is 12.9. The molecule has 4 nitrogen and oxygen atoms in total. The van der Waals surface area contributed by atoms with Crippen molar-refractivity contribution in [1.82, 2.24) is 4.90 Å². The van der Waals surface area contributed by atoms with Crippen LogP contribution in [-0.2, 0) is 4.84 Å². The topological polar surface area (TPSA) is 41.4 Å². The van der Waals surface area contributed by atoms with Gasteiger partial charge in [-0.2, -0.15) is 0 Å². The molecular formula is C18H22N3O+. The highest BCUT2D eigenvalue weighted by molar-refractivity contribution is 6.04. The third-order valence-electron chi connectivity index (χ3n) is 3.68. The fourth-order valence-corrected chi connectivity index (χ4v) is 2.51. The summed E-state index contributed by atoms with van der Waals surface area (Å²) in [4.78, 5) is 7.67. The van der Waals surface area contributed by atoms with Crippen LogP contribution in [0.5, 0.6) is 0 Å². The van der Waals surface area contributed by atoms with Crippen LogP contribution in [0.1, 0.15) is 18.9 Å². The normalized spacial score (nSPS) is 14.8. The van der Waals surface area contributed by atoms with Crippen molar-refractivity contribution in [2.24, 2.45) is 5.16 Å².